The number of hydrogen-bond donors (Lipinski definition) is 1. The Morgan fingerprint density at radius 3 is 2.54 bits per heavy atom. The van der Waals surface area contributed by atoms with Gasteiger partial charge < -0.3 is 14.5 Å². The first-order chi connectivity index (χ1) is 17.2. The monoisotopic (exact) mass is 467 g/mol. The third-order valence-electron chi connectivity index (χ3n) is 7.79. The fraction of sp³-hybridized carbons (Fsp3) is 0.333. The minimum Gasteiger partial charge on any atom is -0.493 e. The molecule has 0 radical (unpaired) electrons. The van der Waals surface area contributed by atoms with Gasteiger partial charge in [-0.15, -0.1) is 0 Å². The highest BCUT2D eigenvalue weighted by Gasteiger charge is 2.41. The molecule has 3 aromatic carbocycles. The number of aromatic nitrogens is 1. The van der Waals surface area contributed by atoms with Crippen molar-refractivity contribution in [2.45, 2.75) is 24.8 Å². The Labute approximate surface area is 207 Å². The molecule has 35 heavy (non-hydrogen) atoms. The van der Waals surface area contributed by atoms with E-state index in [4.69, 9.17) is 9.47 Å². The third kappa shape index (κ3) is 4.09. The molecular weight excluding hydrogens is 434 g/mol. The van der Waals surface area contributed by atoms with E-state index in [9.17, 15) is 0 Å². The molecule has 5 heteroatoms. The van der Waals surface area contributed by atoms with Crippen LogP contribution >= 0.6 is 0 Å². The predicted molar refractivity (Wildman–Crippen MR) is 140 cm³/mol. The number of rotatable bonds is 6. The van der Waals surface area contributed by atoms with Gasteiger partial charge in [0.2, 0.25) is 0 Å². The molecule has 6 rings (SSSR count). The van der Waals surface area contributed by atoms with Crippen molar-refractivity contribution in [1.29, 1.82) is 0 Å². The molecule has 0 bridgehead atoms. The number of H-pyrrole nitrogens is 1. The van der Waals surface area contributed by atoms with Gasteiger partial charge in [0, 0.05) is 42.1 Å². The largest absolute Gasteiger partial charge is 0.493 e. The molecule has 1 N–H and O–H groups in total. The smallest absolute Gasteiger partial charge is 0.160 e. The maximum atomic E-state index is 5.52. The summed E-state index contributed by atoms with van der Waals surface area (Å²) < 4.78 is 10.9. The molecule has 0 unspecified atom stereocenters. The van der Waals surface area contributed by atoms with Crippen LogP contribution in [0.15, 0.2) is 72.8 Å². The van der Waals surface area contributed by atoms with E-state index in [1.807, 2.05) is 6.07 Å². The normalized spacial score (nSPS) is 20.4. The molecule has 4 aromatic rings. The molecule has 2 aliphatic rings. The van der Waals surface area contributed by atoms with Gasteiger partial charge in [0.15, 0.2) is 11.5 Å². The Morgan fingerprint density at radius 1 is 0.914 bits per heavy atom. The van der Waals surface area contributed by atoms with Gasteiger partial charge in [-0.2, -0.15) is 0 Å². The molecule has 0 aliphatic carbocycles. The number of ether oxygens (including phenoxy) is 2. The van der Waals surface area contributed by atoms with Crippen molar-refractivity contribution in [3.63, 3.8) is 0 Å². The Morgan fingerprint density at radius 2 is 1.71 bits per heavy atom. The van der Waals surface area contributed by atoms with Gasteiger partial charge >= 0.3 is 0 Å². The predicted octanol–water partition coefficient (Wildman–Crippen LogP) is 5.38. The topological polar surface area (TPSA) is 40.7 Å². The molecule has 0 spiro atoms. The van der Waals surface area contributed by atoms with Crippen molar-refractivity contribution < 1.29 is 9.47 Å². The lowest BCUT2D eigenvalue weighted by Gasteiger charge is -2.48. The Kier molecular flexibility index (Phi) is 5.96. The van der Waals surface area contributed by atoms with Gasteiger partial charge in [0.25, 0.3) is 0 Å². The maximum absolute atomic E-state index is 5.52. The van der Waals surface area contributed by atoms with Crippen molar-refractivity contribution in [3.8, 4) is 11.5 Å². The molecule has 1 aromatic heterocycles. The molecule has 180 valence electrons. The fourth-order valence-electron chi connectivity index (χ4n) is 6.10. The average molecular weight is 468 g/mol. The standard InChI is InChI=1S/C30H33N3O2/c1-34-27-13-12-21(18-28(27)35-2)14-16-32-19-25(22-8-4-3-5-9-22)30-29-24(15-17-33(30)20-32)23-10-6-7-11-26(23)31-29/h3-13,18,25,30-31H,14-17,19-20H2,1-2H3/t25-,30-/m1/s1. The molecule has 0 amide bonds. The highest BCUT2D eigenvalue weighted by atomic mass is 16.5. The number of methoxy groups -OCH3 is 2. The molecule has 3 heterocycles. The highest BCUT2D eigenvalue weighted by Crippen LogP contribution is 2.45. The van der Waals surface area contributed by atoms with Crippen LogP contribution in [-0.2, 0) is 12.8 Å². The van der Waals surface area contributed by atoms with Gasteiger partial charge in [0.1, 0.15) is 0 Å². The summed E-state index contributed by atoms with van der Waals surface area (Å²) in [5, 5.41) is 1.39. The van der Waals surface area contributed by atoms with Crippen molar-refractivity contribution in [2.75, 3.05) is 40.5 Å². The Balaban J connectivity index is 1.28. The minimum absolute atomic E-state index is 0.380. The van der Waals surface area contributed by atoms with E-state index < -0.39 is 0 Å². The number of nitrogens with zero attached hydrogens (tertiary/aromatic N) is 2. The van der Waals surface area contributed by atoms with Gasteiger partial charge in [-0.1, -0.05) is 54.6 Å². The Hall–Kier alpha value is -3.28. The molecule has 2 aliphatic heterocycles. The second kappa shape index (κ2) is 9.40. The minimum atomic E-state index is 0.380. The first-order valence-electron chi connectivity index (χ1n) is 12.6. The molecule has 2 atom stereocenters. The summed E-state index contributed by atoms with van der Waals surface area (Å²) in [4.78, 5) is 9.14. The van der Waals surface area contributed by atoms with Crippen LogP contribution < -0.4 is 9.47 Å². The van der Waals surface area contributed by atoms with Crippen molar-refractivity contribution in [3.05, 3.63) is 95.2 Å². The zero-order valence-corrected chi connectivity index (χ0v) is 20.5. The SMILES string of the molecule is COc1ccc(CCN2C[C@H](c3ccccc3)[C@@H]3c4[nH]c5ccccc5c4CCN3C2)cc1OC. The second-order valence-corrected chi connectivity index (χ2v) is 9.74. The molecule has 1 fully saturated rings. The van der Waals surface area contributed by atoms with Crippen molar-refractivity contribution >= 4 is 10.9 Å². The van der Waals surface area contributed by atoms with Gasteiger partial charge in [0.05, 0.1) is 26.9 Å². The number of hydrogen-bond acceptors (Lipinski definition) is 4. The summed E-state index contributed by atoms with van der Waals surface area (Å²) >= 11 is 0. The van der Waals surface area contributed by atoms with Crippen LogP contribution in [0.1, 0.15) is 34.3 Å². The molecule has 5 nitrogen and oxygen atoms in total. The summed E-state index contributed by atoms with van der Waals surface area (Å²) in [7, 11) is 3.38. The number of aromatic amines is 1. The highest BCUT2D eigenvalue weighted by molar-refractivity contribution is 5.85. The summed E-state index contributed by atoms with van der Waals surface area (Å²) in [6.45, 7) is 4.15. The number of para-hydroxylation sites is 1. The number of benzene rings is 3. The number of nitrogens with one attached hydrogen (secondary N) is 1. The quantitative estimate of drug-likeness (QED) is 0.413. The van der Waals surface area contributed by atoms with E-state index >= 15 is 0 Å². The lowest BCUT2D eigenvalue weighted by molar-refractivity contribution is 0.0146. The van der Waals surface area contributed by atoms with Gasteiger partial charge in [-0.25, -0.2) is 0 Å². The van der Waals surface area contributed by atoms with Gasteiger partial charge in [-0.05, 0) is 47.7 Å². The van der Waals surface area contributed by atoms with E-state index in [-0.39, 0.29) is 0 Å². The van der Waals surface area contributed by atoms with Crippen LogP contribution in [0.4, 0.5) is 0 Å². The molecule has 0 saturated carbocycles. The second-order valence-electron chi connectivity index (χ2n) is 9.74. The van der Waals surface area contributed by atoms with Crippen LogP contribution in [-0.4, -0.2) is 55.3 Å². The summed E-state index contributed by atoms with van der Waals surface area (Å²) in [5.41, 5.74) is 6.90. The first-order valence-corrected chi connectivity index (χ1v) is 12.6. The van der Waals surface area contributed by atoms with Crippen LogP contribution in [0, 0.1) is 0 Å². The summed E-state index contributed by atoms with van der Waals surface area (Å²) in [5.74, 6) is 2.00. The average Bonchev–Trinajstić information content (AvgIpc) is 3.30. The van der Waals surface area contributed by atoms with Crippen LogP contribution in [0.3, 0.4) is 0 Å². The fourth-order valence-corrected chi connectivity index (χ4v) is 6.10. The van der Waals surface area contributed by atoms with E-state index in [0.29, 0.717) is 12.0 Å². The van der Waals surface area contributed by atoms with E-state index in [1.165, 1.54) is 33.3 Å². The Bertz CT molecular complexity index is 1320. The zero-order chi connectivity index (χ0) is 23.8. The van der Waals surface area contributed by atoms with Crippen LogP contribution in [0.2, 0.25) is 0 Å². The van der Waals surface area contributed by atoms with Gasteiger partial charge in [-0.3, -0.25) is 9.80 Å². The van der Waals surface area contributed by atoms with Crippen molar-refractivity contribution in [1.82, 2.24) is 14.8 Å². The van der Waals surface area contributed by atoms with Crippen LogP contribution in [0.25, 0.3) is 10.9 Å². The van der Waals surface area contributed by atoms with Crippen LogP contribution in [0.5, 0.6) is 11.5 Å². The summed E-state index contributed by atoms with van der Waals surface area (Å²) in [6, 6.07) is 26.5. The molecular formula is C30H33N3O2. The molecule has 1 saturated heterocycles. The van der Waals surface area contributed by atoms with E-state index in [1.54, 1.807) is 14.2 Å². The first kappa shape index (κ1) is 22.2. The lowest BCUT2D eigenvalue weighted by Crippen LogP contribution is -2.53. The summed E-state index contributed by atoms with van der Waals surface area (Å²) in [6.07, 6.45) is 2.08. The van der Waals surface area contributed by atoms with Crippen molar-refractivity contribution in [2.24, 2.45) is 0 Å². The number of fused-ring (bicyclic) bond motifs is 5. The van der Waals surface area contributed by atoms with E-state index in [0.717, 1.165) is 50.6 Å². The third-order valence-corrected chi connectivity index (χ3v) is 7.79. The van der Waals surface area contributed by atoms with E-state index in [2.05, 4.69) is 81.5 Å². The lowest BCUT2D eigenvalue weighted by atomic mass is 9.82. The maximum Gasteiger partial charge on any atom is 0.160 e. The zero-order valence-electron chi connectivity index (χ0n) is 20.5.